The number of hydrogen-bond donors (Lipinski definition) is 2. The minimum atomic E-state index is -3.44. The molecule has 0 saturated heterocycles. The molecule has 1 aromatic rings. The van der Waals surface area contributed by atoms with E-state index in [1.807, 2.05) is 0 Å². The highest BCUT2D eigenvalue weighted by Crippen LogP contribution is 2.19. The van der Waals surface area contributed by atoms with Crippen molar-refractivity contribution in [3.63, 3.8) is 0 Å². The number of benzene rings is 1. The van der Waals surface area contributed by atoms with Gasteiger partial charge in [0.25, 0.3) is 5.91 Å². The summed E-state index contributed by atoms with van der Waals surface area (Å²) < 4.78 is 25.0. The van der Waals surface area contributed by atoms with E-state index in [0.717, 1.165) is 6.26 Å². The molecule has 22 heavy (non-hydrogen) atoms. The number of carboxylic acids is 1. The average Bonchev–Trinajstić information content (AvgIpc) is 2.40. The van der Waals surface area contributed by atoms with E-state index in [0.29, 0.717) is 23.4 Å². The van der Waals surface area contributed by atoms with Gasteiger partial charge in [0.15, 0.2) is 0 Å². The van der Waals surface area contributed by atoms with E-state index in [1.165, 1.54) is 11.0 Å². The quantitative estimate of drug-likeness (QED) is 0.785. The maximum absolute atomic E-state index is 12.4. The van der Waals surface area contributed by atoms with Gasteiger partial charge in [-0.25, -0.2) is 8.42 Å². The Hall–Kier alpha value is -2.09. The zero-order chi connectivity index (χ0) is 16.9. The minimum Gasteiger partial charge on any atom is -0.481 e. The highest BCUT2D eigenvalue weighted by atomic mass is 32.2. The summed E-state index contributed by atoms with van der Waals surface area (Å²) >= 11 is 0. The molecule has 0 radical (unpaired) electrons. The molecule has 0 aromatic heterocycles. The number of rotatable bonds is 7. The Labute approximate surface area is 130 Å². The van der Waals surface area contributed by atoms with Gasteiger partial charge in [-0.2, -0.15) is 0 Å². The van der Waals surface area contributed by atoms with Crippen molar-refractivity contribution < 1.29 is 23.1 Å². The van der Waals surface area contributed by atoms with Gasteiger partial charge in [0.05, 0.1) is 18.4 Å². The lowest BCUT2D eigenvalue weighted by Crippen LogP contribution is -2.32. The smallest absolute Gasteiger partial charge is 0.305 e. The number of hydrogen-bond acceptors (Lipinski definition) is 4. The van der Waals surface area contributed by atoms with E-state index in [1.54, 1.807) is 26.0 Å². The SMILES string of the molecule is CCN(CCC(=O)O)C(=O)c1ccc(C)c(NS(C)(=O)=O)c1. The Morgan fingerprint density at radius 2 is 1.95 bits per heavy atom. The topological polar surface area (TPSA) is 104 Å². The van der Waals surface area contributed by atoms with Gasteiger partial charge in [0, 0.05) is 18.7 Å². The Morgan fingerprint density at radius 1 is 1.32 bits per heavy atom. The normalized spacial score (nSPS) is 11.0. The van der Waals surface area contributed by atoms with Crippen LogP contribution in [0.1, 0.15) is 29.3 Å². The van der Waals surface area contributed by atoms with Crippen molar-refractivity contribution in [2.24, 2.45) is 0 Å². The Kier molecular flexibility index (Phi) is 5.92. The van der Waals surface area contributed by atoms with Gasteiger partial charge in [-0.15, -0.1) is 0 Å². The van der Waals surface area contributed by atoms with Crippen molar-refractivity contribution in [1.29, 1.82) is 0 Å². The third-order valence-corrected chi connectivity index (χ3v) is 3.64. The Morgan fingerprint density at radius 3 is 2.45 bits per heavy atom. The van der Waals surface area contributed by atoms with E-state index in [4.69, 9.17) is 5.11 Å². The molecular weight excluding hydrogens is 308 g/mol. The van der Waals surface area contributed by atoms with E-state index in [9.17, 15) is 18.0 Å². The van der Waals surface area contributed by atoms with E-state index in [2.05, 4.69) is 4.72 Å². The third-order valence-electron chi connectivity index (χ3n) is 3.04. The molecule has 0 aliphatic carbocycles. The third kappa shape index (κ3) is 5.36. The van der Waals surface area contributed by atoms with Crippen LogP contribution in [-0.2, 0) is 14.8 Å². The van der Waals surface area contributed by atoms with Crippen LogP contribution in [0, 0.1) is 6.92 Å². The average molecular weight is 328 g/mol. The molecule has 0 unspecified atom stereocenters. The molecule has 1 rings (SSSR count). The molecule has 2 N–H and O–H groups in total. The standard InChI is InChI=1S/C14H20N2O5S/c1-4-16(8-7-13(17)18)14(19)11-6-5-10(2)12(9-11)15-22(3,20)21/h5-6,9,15H,4,7-8H2,1-3H3,(H,17,18). The highest BCUT2D eigenvalue weighted by molar-refractivity contribution is 7.92. The van der Waals surface area contributed by atoms with Crippen LogP contribution < -0.4 is 4.72 Å². The zero-order valence-electron chi connectivity index (χ0n) is 12.8. The molecule has 7 nitrogen and oxygen atoms in total. The number of carbonyl (C=O) groups is 2. The molecule has 0 fully saturated rings. The van der Waals surface area contributed by atoms with Gasteiger partial charge in [0.2, 0.25) is 10.0 Å². The van der Waals surface area contributed by atoms with Gasteiger partial charge < -0.3 is 10.0 Å². The molecule has 0 aliphatic heterocycles. The molecule has 0 bridgehead atoms. The number of nitrogens with zero attached hydrogens (tertiary/aromatic N) is 1. The van der Waals surface area contributed by atoms with Crippen LogP contribution in [0.4, 0.5) is 5.69 Å². The number of nitrogens with one attached hydrogen (secondary N) is 1. The van der Waals surface area contributed by atoms with Crippen molar-refractivity contribution in [2.45, 2.75) is 20.3 Å². The van der Waals surface area contributed by atoms with Crippen molar-refractivity contribution in [3.8, 4) is 0 Å². The fourth-order valence-corrected chi connectivity index (χ4v) is 2.50. The predicted octanol–water partition coefficient (Wildman–Crippen LogP) is 1.30. The summed E-state index contributed by atoms with van der Waals surface area (Å²) in [6.45, 7) is 3.95. The first-order chi connectivity index (χ1) is 10.1. The van der Waals surface area contributed by atoms with Crippen LogP contribution in [0.15, 0.2) is 18.2 Å². The number of carbonyl (C=O) groups excluding carboxylic acids is 1. The molecule has 0 saturated carbocycles. The number of aliphatic carboxylic acids is 1. The highest BCUT2D eigenvalue weighted by Gasteiger charge is 2.17. The largest absolute Gasteiger partial charge is 0.481 e. The van der Waals surface area contributed by atoms with Crippen LogP contribution in [-0.4, -0.2) is 49.6 Å². The first-order valence-corrected chi connectivity index (χ1v) is 8.62. The molecule has 1 aromatic carbocycles. The van der Waals surface area contributed by atoms with Gasteiger partial charge in [-0.05, 0) is 31.5 Å². The van der Waals surface area contributed by atoms with Crippen molar-refractivity contribution >= 4 is 27.6 Å². The lowest BCUT2D eigenvalue weighted by Gasteiger charge is -2.20. The molecule has 1 amide bonds. The molecule has 0 heterocycles. The van der Waals surface area contributed by atoms with Crippen LogP contribution in [0.25, 0.3) is 0 Å². The van der Waals surface area contributed by atoms with Crippen LogP contribution >= 0.6 is 0 Å². The van der Waals surface area contributed by atoms with Crippen LogP contribution in [0.5, 0.6) is 0 Å². The molecule has 122 valence electrons. The fourth-order valence-electron chi connectivity index (χ4n) is 1.88. The molecule has 0 aliphatic rings. The predicted molar refractivity (Wildman–Crippen MR) is 83.5 cm³/mol. The number of anilines is 1. The van der Waals surface area contributed by atoms with Gasteiger partial charge in [-0.3, -0.25) is 14.3 Å². The molecule has 8 heteroatoms. The van der Waals surface area contributed by atoms with Crippen LogP contribution in [0.2, 0.25) is 0 Å². The Bertz CT molecular complexity index is 670. The minimum absolute atomic E-state index is 0.105. The molecular formula is C14H20N2O5S. The first-order valence-electron chi connectivity index (χ1n) is 6.73. The summed E-state index contributed by atoms with van der Waals surface area (Å²) in [7, 11) is -3.44. The number of carboxylic acid groups (broad SMARTS) is 1. The second-order valence-corrected chi connectivity index (χ2v) is 6.68. The van der Waals surface area contributed by atoms with Crippen molar-refractivity contribution in [3.05, 3.63) is 29.3 Å². The fraction of sp³-hybridized carbons (Fsp3) is 0.429. The molecule has 0 spiro atoms. The zero-order valence-corrected chi connectivity index (χ0v) is 13.6. The number of sulfonamides is 1. The summed E-state index contributed by atoms with van der Waals surface area (Å²) in [5.41, 5.74) is 1.34. The van der Waals surface area contributed by atoms with Crippen LogP contribution in [0.3, 0.4) is 0 Å². The van der Waals surface area contributed by atoms with Gasteiger partial charge >= 0.3 is 5.97 Å². The number of amides is 1. The van der Waals surface area contributed by atoms with E-state index < -0.39 is 16.0 Å². The summed E-state index contributed by atoms with van der Waals surface area (Å²) in [6, 6.07) is 4.70. The summed E-state index contributed by atoms with van der Waals surface area (Å²) in [4.78, 5) is 24.4. The van der Waals surface area contributed by atoms with Crippen molar-refractivity contribution in [1.82, 2.24) is 4.90 Å². The second-order valence-electron chi connectivity index (χ2n) is 4.93. The Balaban J connectivity index is 3.02. The maximum atomic E-state index is 12.4. The lowest BCUT2D eigenvalue weighted by atomic mass is 10.1. The van der Waals surface area contributed by atoms with E-state index >= 15 is 0 Å². The van der Waals surface area contributed by atoms with E-state index in [-0.39, 0.29) is 18.9 Å². The first kappa shape index (κ1) is 18.0. The lowest BCUT2D eigenvalue weighted by molar-refractivity contribution is -0.137. The summed E-state index contributed by atoms with van der Waals surface area (Å²) in [5.74, 6) is -1.31. The number of aryl methyl sites for hydroxylation is 1. The summed E-state index contributed by atoms with van der Waals surface area (Å²) in [5, 5.41) is 8.70. The maximum Gasteiger partial charge on any atom is 0.305 e. The monoisotopic (exact) mass is 328 g/mol. The van der Waals surface area contributed by atoms with Crippen molar-refractivity contribution in [2.75, 3.05) is 24.1 Å². The summed E-state index contributed by atoms with van der Waals surface area (Å²) in [6.07, 6.45) is 0.895. The van der Waals surface area contributed by atoms with Gasteiger partial charge in [-0.1, -0.05) is 6.07 Å². The second kappa shape index (κ2) is 7.26. The molecule has 0 atom stereocenters. The van der Waals surface area contributed by atoms with Gasteiger partial charge in [0.1, 0.15) is 0 Å².